The molecule has 1 atom stereocenters. The fourth-order valence-corrected chi connectivity index (χ4v) is 4.21. The SMILES string of the molecule is COc1cccc(CN2CCCC(Nc3ccnc(N4CCOCC4)n3)C2)c1Cl. The molecule has 2 aromatic rings. The molecule has 1 aromatic carbocycles. The first-order valence-electron chi connectivity index (χ1n) is 10.2. The van der Waals surface area contributed by atoms with E-state index in [1.807, 2.05) is 24.4 Å². The van der Waals surface area contributed by atoms with Gasteiger partial charge in [0.2, 0.25) is 5.95 Å². The van der Waals surface area contributed by atoms with E-state index in [9.17, 15) is 0 Å². The van der Waals surface area contributed by atoms with Crippen LogP contribution in [0.25, 0.3) is 0 Å². The average molecular weight is 418 g/mol. The summed E-state index contributed by atoms with van der Waals surface area (Å²) in [5.74, 6) is 2.38. The largest absolute Gasteiger partial charge is 0.495 e. The molecule has 7 nitrogen and oxygen atoms in total. The van der Waals surface area contributed by atoms with Gasteiger partial charge in [0, 0.05) is 38.4 Å². The number of aromatic nitrogens is 2. The van der Waals surface area contributed by atoms with Crippen LogP contribution >= 0.6 is 11.6 Å². The lowest BCUT2D eigenvalue weighted by Crippen LogP contribution is -2.42. The van der Waals surface area contributed by atoms with Gasteiger partial charge in [-0.25, -0.2) is 4.98 Å². The Morgan fingerprint density at radius 1 is 1.24 bits per heavy atom. The highest BCUT2D eigenvalue weighted by atomic mass is 35.5. The molecule has 156 valence electrons. The van der Waals surface area contributed by atoms with Crippen molar-refractivity contribution >= 4 is 23.4 Å². The molecule has 0 aliphatic carbocycles. The molecule has 2 saturated heterocycles. The Hall–Kier alpha value is -2.09. The first kappa shape index (κ1) is 20.2. The zero-order valence-electron chi connectivity index (χ0n) is 16.8. The van der Waals surface area contributed by atoms with Gasteiger partial charge in [-0.05, 0) is 37.1 Å². The molecule has 0 radical (unpaired) electrons. The van der Waals surface area contributed by atoms with Crippen molar-refractivity contribution in [1.29, 1.82) is 0 Å². The second kappa shape index (κ2) is 9.61. The highest BCUT2D eigenvalue weighted by molar-refractivity contribution is 6.32. The van der Waals surface area contributed by atoms with Crippen molar-refractivity contribution in [1.82, 2.24) is 14.9 Å². The highest BCUT2D eigenvalue weighted by Crippen LogP contribution is 2.29. The minimum Gasteiger partial charge on any atom is -0.495 e. The van der Waals surface area contributed by atoms with Crippen LogP contribution in [0.4, 0.5) is 11.8 Å². The third-order valence-electron chi connectivity index (χ3n) is 5.45. The number of morpholine rings is 1. The third-order valence-corrected chi connectivity index (χ3v) is 5.88. The molecule has 2 fully saturated rings. The van der Waals surface area contributed by atoms with Crippen LogP contribution in [-0.2, 0) is 11.3 Å². The number of rotatable bonds is 6. The average Bonchev–Trinajstić information content (AvgIpc) is 2.76. The number of methoxy groups -OCH3 is 1. The predicted octanol–water partition coefficient (Wildman–Crippen LogP) is 3.05. The van der Waals surface area contributed by atoms with Gasteiger partial charge in [-0.2, -0.15) is 4.98 Å². The molecule has 3 heterocycles. The molecule has 1 N–H and O–H groups in total. The van der Waals surface area contributed by atoms with Gasteiger partial charge in [0.1, 0.15) is 11.6 Å². The highest BCUT2D eigenvalue weighted by Gasteiger charge is 2.22. The van der Waals surface area contributed by atoms with Gasteiger partial charge in [0.15, 0.2) is 0 Å². The number of piperidine rings is 1. The lowest BCUT2D eigenvalue weighted by Gasteiger charge is -2.34. The summed E-state index contributed by atoms with van der Waals surface area (Å²) in [6.45, 7) is 5.96. The summed E-state index contributed by atoms with van der Waals surface area (Å²) in [6, 6.07) is 8.25. The van der Waals surface area contributed by atoms with E-state index in [1.165, 1.54) is 0 Å². The molecular weight excluding hydrogens is 390 g/mol. The van der Waals surface area contributed by atoms with E-state index in [-0.39, 0.29) is 0 Å². The molecule has 0 saturated carbocycles. The number of hydrogen-bond donors (Lipinski definition) is 1. The van der Waals surface area contributed by atoms with Crippen molar-refractivity contribution in [3.63, 3.8) is 0 Å². The Kier molecular flexibility index (Phi) is 6.69. The predicted molar refractivity (Wildman–Crippen MR) is 115 cm³/mol. The Morgan fingerprint density at radius 2 is 2.10 bits per heavy atom. The molecule has 2 aliphatic heterocycles. The van der Waals surface area contributed by atoms with Crippen LogP contribution in [0.5, 0.6) is 5.75 Å². The van der Waals surface area contributed by atoms with Gasteiger partial charge in [-0.15, -0.1) is 0 Å². The Bertz CT molecular complexity index is 815. The van der Waals surface area contributed by atoms with Crippen LogP contribution in [0.15, 0.2) is 30.5 Å². The van der Waals surface area contributed by atoms with Crippen LogP contribution in [-0.4, -0.2) is 67.4 Å². The minimum atomic E-state index is 0.348. The van der Waals surface area contributed by atoms with Crippen molar-refractivity contribution in [2.24, 2.45) is 0 Å². The first-order chi connectivity index (χ1) is 14.2. The summed E-state index contributed by atoms with van der Waals surface area (Å²) < 4.78 is 10.8. The quantitative estimate of drug-likeness (QED) is 0.774. The third kappa shape index (κ3) is 5.10. The van der Waals surface area contributed by atoms with Crippen LogP contribution in [0.2, 0.25) is 5.02 Å². The summed E-state index contributed by atoms with van der Waals surface area (Å²) in [5, 5.41) is 4.31. The number of ether oxygens (including phenoxy) is 2. The van der Waals surface area contributed by atoms with E-state index in [0.717, 1.165) is 81.9 Å². The van der Waals surface area contributed by atoms with Crippen molar-refractivity contribution in [2.45, 2.75) is 25.4 Å². The minimum absolute atomic E-state index is 0.348. The topological polar surface area (TPSA) is 62.8 Å². The molecule has 2 aliphatic rings. The van der Waals surface area contributed by atoms with Crippen LogP contribution in [0.3, 0.4) is 0 Å². The number of hydrogen-bond acceptors (Lipinski definition) is 7. The van der Waals surface area contributed by atoms with Crippen molar-refractivity contribution in [2.75, 3.05) is 56.7 Å². The maximum absolute atomic E-state index is 6.49. The maximum atomic E-state index is 6.49. The normalized spacial score (nSPS) is 20.5. The number of halogens is 1. The fraction of sp³-hybridized carbons (Fsp3) is 0.524. The Morgan fingerprint density at radius 3 is 2.93 bits per heavy atom. The van der Waals surface area contributed by atoms with Gasteiger partial charge in [0.25, 0.3) is 0 Å². The summed E-state index contributed by atoms with van der Waals surface area (Å²) in [7, 11) is 1.65. The number of anilines is 2. The summed E-state index contributed by atoms with van der Waals surface area (Å²) in [5.41, 5.74) is 1.10. The van der Waals surface area contributed by atoms with Crippen LogP contribution in [0, 0.1) is 0 Å². The van der Waals surface area contributed by atoms with Gasteiger partial charge in [-0.3, -0.25) is 4.90 Å². The van der Waals surface area contributed by atoms with Crippen molar-refractivity contribution in [3.8, 4) is 5.75 Å². The molecule has 1 aromatic heterocycles. The van der Waals surface area contributed by atoms with E-state index >= 15 is 0 Å². The van der Waals surface area contributed by atoms with E-state index in [2.05, 4.69) is 26.2 Å². The molecule has 8 heteroatoms. The zero-order chi connectivity index (χ0) is 20.1. The van der Waals surface area contributed by atoms with Crippen molar-refractivity contribution < 1.29 is 9.47 Å². The van der Waals surface area contributed by atoms with Gasteiger partial charge < -0.3 is 19.7 Å². The second-order valence-corrected chi connectivity index (χ2v) is 7.87. The molecule has 0 spiro atoms. The van der Waals surface area contributed by atoms with E-state index in [1.54, 1.807) is 7.11 Å². The molecule has 0 amide bonds. The molecule has 0 bridgehead atoms. The first-order valence-corrected chi connectivity index (χ1v) is 10.6. The van der Waals surface area contributed by atoms with Gasteiger partial charge >= 0.3 is 0 Å². The van der Waals surface area contributed by atoms with E-state index in [0.29, 0.717) is 11.1 Å². The summed E-state index contributed by atoms with van der Waals surface area (Å²) in [6.07, 6.45) is 4.09. The molecule has 29 heavy (non-hydrogen) atoms. The van der Waals surface area contributed by atoms with E-state index in [4.69, 9.17) is 26.1 Å². The number of likely N-dealkylation sites (tertiary alicyclic amines) is 1. The van der Waals surface area contributed by atoms with Crippen LogP contribution < -0.4 is 15.0 Å². The monoisotopic (exact) mass is 417 g/mol. The summed E-state index contributed by atoms with van der Waals surface area (Å²) >= 11 is 6.49. The lowest BCUT2D eigenvalue weighted by atomic mass is 10.0. The standard InChI is InChI=1S/C21H28ClN5O2/c1-28-18-6-2-4-16(20(18)22)14-26-9-3-5-17(15-26)24-19-7-8-23-21(25-19)27-10-12-29-13-11-27/h2,4,6-8,17H,3,5,9-15H2,1H3,(H,23,24,25). The van der Waals surface area contributed by atoms with Gasteiger partial charge in [0.05, 0.1) is 25.3 Å². The Labute approximate surface area is 177 Å². The maximum Gasteiger partial charge on any atom is 0.227 e. The van der Waals surface area contributed by atoms with E-state index < -0.39 is 0 Å². The molecule has 4 rings (SSSR count). The summed E-state index contributed by atoms with van der Waals surface area (Å²) in [4.78, 5) is 13.8. The Balaban J connectivity index is 1.38. The number of nitrogens with zero attached hydrogens (tertiary/aromatic N) is 4. The van der Waals surface area contributed by atoms with Crippen molar-refractivity contribution in [3.05, 3.63) is 41.0 Å². The zero-order valence-corrected chi connectivity index (χ0v) is 17.6. The lowest BCUT2D eigenvalue weighted by molar-refractivity contribution is 0.122. The fourth-order valence-electron chi connectivity index (χ4n) is 3.95. The second-order valence-electron chi connectivity index (χ2n) is 7.49. The smallest absolute Gasteiger partial charge is 0.227 e. The number of benzene rings is 1. The van der Waals surface area contributed by atoms with Crippen LogP contribution in [0.1, 0.15) is 18.4 Å². The molecular formula is C21H28ClN5O2. The van der Waals surface area contributed by atoms with Gasteiger partial charge in [-0.1, -0.05) is 23.7 Å². The molecule has 1 unspecified atom stereocenters. The number of nitrogens with one attached hydrogen (secondary N) is 1.